The molecule has 1 aliphatic rings. The van der Waals surface area contributed by atoms with E-state index in [1.165, 1.54) is 6.33 Å². The Kier molecular flexibility index (Phi) is 8.95. The minimum atomic E-state index is -0.149. The predicted octanol–water partition coefficient (Wildman–Crippen LogP) is 2.83. The Morgan fingerprint density at radius 3 is 2.65 bits per heavy atom. The molecule has 0 bridgehead atoms. The van der Waals surface area contributed by atoms with Crippen LogP contribution in [0.15, 0.2) is 36.9 Å². The zero-order valence-electron chi connectivity index (χ0n) is 20.7. The van der Waals surface area contributed by atoms with Crippen molar-refractivity contribution >= 4 is 17.5 Å². The van der Waals surface area contributed by atoms with Crippen LogP contribution in [0, 0.1) is 5.92 Å². The number of nitrogens with one attached hydrogen (secondary N) is 1. The number of anilines is 1. The van der Waals surface area contributed by atoms with E-state index in [1.807, 2.05) is 12.4 Å². The van der Waals surface area contributed by atoms with Crippen LogP contribution in [0.1, 0.15) is 43.1 Å². The Morgan fingerprint density at radius 1 is 1.24 bits per heavy atom. The number of carbonyl (C=O) groups excluding carboxylic acids is 2. The molecule has 0 radical (unpaired) electrons. The maximum absolute atomic E-state index is 13.3. The van der Waals surface area contributed by atoms with Crippen molar-refractivity contribution < 1.29 is 19.1 Å². The lowest BCUT2D eigenvalue weighted by Crippen LogP contribution is -2.46. The van der Waals surface area contributed by atoms with Crippen molar-refractivity contribution in [3.05, 3.63) is 48.0 Å². The van der Waals surface area contributed by atoms with Crippen LogP contribution in [0.3, 0.4) is 0 Å². The first-order valence-electron chi connectivity index (χ1n) is 11.6. The molecule has 2 amide bonds. The van der Waals surface area contributed by atoms with Crippen LogP contribution < -0.4 is 10.1 Å². The zero-order valence-corrected chi connectivity index (χ0v) is 20.7. The van der Waals surface area contributed by atoms with Crippen molar-refractivity contribution in [1.29, 1.82) is 0 Å². The lowest BCUT2D eigenvalue weighted by atomic mass is 10.0. The van der Waals surface area contributed by atoms with E-state index in [0.29, 0.717) is 43.1 Å². The number of aromatic nitrogens is 2. The molecule has 0 aliphatic carbocycles. The highest BCUT2D eigenvalue weighted by Gasteiger charge is 2.28. The van der Waals surface area contributed by atoms with Gasteiger partial charge in [-0.25, -0.2) is 9.97 Å². The van der Waals surface area contributed by atoms with Gasteiger partial charge in [-0.3, -0.25) is 14.5 Å². The van der Waals surface area contributed by atoms with Gasteiger partial charge in [-0.05, 0) is 25.0 Å². The fraction of sp³-hybridized carbons (Fsp3) is 0.520. The van der Waals surface area contributed by atoms with E-state index in [0.717, 1.165) is 12.1 Å². The Labute approximate surface area is 201 Å². The van der Waals surface area contributed by atoms with Gasteiger partial charge in [-0.15, -0.1) is 0 Å². The molecular formula is C25H35N5O4. The maximum Gasteiger partial charge on any atom is 0.257 e. The van der Waals surface area contributed by atoms with Crippen molar-refractivity contribution in [2.75, 3.05) is 39.2 Å². The summed E-state index contributed by atoms with van der Waals surface area (Å²) in [4.78, 5) is 37.4. The number of benzene rings is 1. The van der Waals surface area contributed by atoms with E-state index in [1.54, 1.807) is 44.2 Å². The zero-order chi connectivity index (χ0) is 24.7. The number of fused-ring (bicyclic) bond motifs is 1. The number of rotatable bonds is 5. The SMILES string of the molecule is CCC(=O)Nc1ccc2c(c1)OC[C@@H](C)N(Cc1cncnc1)C[C@@H](C)[C@H](OC)CN(C)C2=O. The molecule has 9 heteroatoms. The van der Waals surface area contributed by atoms with Crippen LogP contribution in [0.5, 0.6) is 5.75 Å². The summed E-state index contributed by atoms with van der Waals surface area (Å²) in [5, 5.41) is 2.84. The summed E-state index contributed by atoms with van der Waals surface area (Å²) in [5.41, 5.74) is 2.07. The largest absolute Gasteiger partial charge is 0.491 e. The molecule has 0 saturated carbocycles. The van der Waals surface area contributed by atoms with Crippen LogP contribution in [-0.2, 0) is 16.1 Å². The second-order valence-electron chi connectivity index (χ2n) is 8.89. The molecule has 3 rings (SSSR count). The topological polar surface area (TPSA) is 96.9 Å². The van der Waals surface area contributed by atoms with Gasteiger partial charge in [0.15, 0.2) is 0 Å². The Morgan fingerprint density at radius 2 is 1.97 bits per heavy atom. The Bertz CT molecular complexity index is 971. The summed E-state index contributed by atoms with van der Waals surface area (Å²) in [6.07, 6.45) is 5.39. The van der Waals surface area contributed by atoms with Crippen LogP contribution >= 0.6 is 0 Å². The van der Waals surface area contributed by atoms with Gasteiger partial charge in [-0.2, -0.15) is 0 Å². The van der Waals surface area contributed by atoms with Gasteiger partial charge in [0.05, 0.1) is 11.7 Å². The molecule has 1 N–H and O–H groups in total. The van der Waals surface area contributed by atoms with E-state index in [-0.39, 0.29) is 29.9 Å². The highest BCUT2D eigenvalue weighted by atomic mass is 16.5. The van der Waals surface area contributed by atoms with E-state index in [4.69, 9.17) is 9.47 Å². The van der Waals surface area contributed by atoms with E-state index < -0.39 is 0 Å². The monoisotopic (exact) mass is 469 g/mol. The fourth-order valence-corrected chi connectivity index (χ4v) is 4.04. The minimum absolute atomic E-state index is 0.0363. The Hall–Kier alpha value is -3.04. The first kappa shape index (κ1) is 25.6. The molecule has 0 fully saturated rings. The van der Waals surface area contributed by atoms with E-state index in [2.05, 4.69) is 34.0 Å². The van der Waals surface area contributed by atoms with Gasteiger partial charge in [0.2, 0.25) is 5.91 Å². The normalized spacial score (nSPS) is 22.2. The highest BCUT2D eigenvalue weighted by molar-refractivity contribution is 5.98. The lowest BCUT2D eigenvalue weighted by Gasteiger charge is -2.36. The standard InChI is InChI=1S/C25H35N5O4/c1-6-24(31)28-20-7-8-21-22(9-20)34-15-18(3)30(13-19-10-26-16-27-11-19)12-17(2)23(33-5)14-29(4)25(21)32/h7-11,16-18,23H,6,12-15H2,1-5H3,(H,28,31)/t17-,18-,23-/m1/s1. The van der Waals surface area contributed by atoms with Crippen molar-refractivity contribution in [1.82, 2.24) is 19.8 Å². The molecule has 0 spiro atoms. The minimum Gasteiger partial charge on any atom is -0.491 e. The first-order valence-corrected chi connectivity index (χ1v) is 11.6. The van der Waals surface area contributed by atoms with Crippen LogP contribution in [-0.4, -0.2) is 77.6 Å². The van der Waals surface area contributed by atoms with Crippen LogP contribution in [0.4, 0.5) is 5.69 Å². The number of nitrogens with zero attached hydrogens (tertiary/aromatic N) is 4. The number of methoxy groups -OCH3 is 1. The molecule has 1 aromatic heterocycles. The van der Waals surface area contributed by atoms with Gasteiger partial charge in [0, 0.05) is 76.0 Å². The third-order valence-corrected chi connectivity index (χ3v) is 6.18. The second kappa shape index (κ2) is 11.9. The van der Waals surface area contributed by atoms with Gasteiger partial charge in [-0.1, -0.05) is 13.8 Å². The summed E-state index contributed by atoms with van der Waals surface area (Å²) in [5.74, 6) is 0.364. The molecule has 1 aliphatic heterocycles. The van der Waals surface area contributed by atoms with E-state index in [9.17, 15) is 9.59 Å². The molecule has 2 aromatic rings. The fourth-order valence-electron chi connectivity index (χ4n) is 4.04. The highest BCUT2D eigenvalue weighted by Crippen LogP contribution is 2.27. The number of hydrogen-bond donors (Lipinski definition) is 1. The number of likely N-dealkylation sites (N-methyl/N-ethyl adjacent to an activating group) is 1. The van der Waals surface area contributed by atoms with E-state index >= 15 is 0 Å². The van der Waals surface area contributed by atoms with Gasteiger partial charge in [0.1, 0.15) is 18.7 Å². The number of amides is 2. The molecule has 3 atom stereocenters. The number of ether oxygens (including phenoxy) is 2. The second-order valence-corrected chi connectivity index (χ2v) is 8.89. The molecule has 1 aromatic carbocycles. The third-order valence-electron chi connectivity index (χ3n) is 6.18. The van der Waals surface area contributed by atoms with Crippen molar-refractivity contribution in [2.24, 2.45) is 5.92 Å². The number of hydrogen-bond acceptors (Lipinski definition) is 7. The summed E-state index contributed by atoms with van der Waals surface area (Å²) < 4.78 is 12.0. The Balaban J connectivity index is 1.94. The quantitative estimate of drug-likeness (QED) is 0.719. The maximum atomic E-state index is 13.3. The molecule has 0 saturated heterocycles. The first-order chi connectivity index (χ1) is 16.3. The van der Waals surface area contributed by atoms with Gasteiger partial charge >= 0.3 is 0 Å². The van der Waals surface area contributed by atoms with Crippen LogP contribution in [0.2, 0.25) is 0 Å². The molecule has 2 heterocycles. The van der Waals surface area contributed by atoms with Crippen molar-refractivity contribution in [3.63, 3.8) is 0 Å². The predicted molar refractivity (Wildman–Crippen MR) is 130 cm³/mol. The molecular weight excluding hydrogens is 434 g/mol. The van der Waals surface area contributed by atoms with Gasteiger partial charge in [0.25, 0.3) is 5.91 Å². The third kappa shape index (κ3) is 6.51. The summed E-state index contributed by atoms with van der Waals surface area (Å²) in [6, 6.07) is 5.20. The molecule has 0 unspecified atom stereocenters. The summed E-state index contributed by atoms with van der Waals surface area (Å²) in [6.45, 7) is 8.25. The average molecular weight is 470 g/mol. The molecule has 184 valence electrons. The summed E-state index contributed by atoms with van der Waals surface area (Å²) >= 11 is 0. The molecule has 9 nitrogen and oxygen atoms in total. The average Bonchev–Trinajstić information content (AvgIpc) is 2.84. The lowest BCUT2D eigenvalue weighted by molar-refractivity contribution is -0.115. The van der Waals surface area contributed by atoms with Crippen molar-refractivity contribution in [2.45, 2.75) is 45.9 Å². The van der Waals surface area contributed by atoms with Gasteiger partial charge < -0.3 is 19.7 Å². The molecule has 34 heavy (non-hydrogen) atoms. The number of carbonyl (C=O) groups is 2. The van der Waals surface area contributed by atoms with Crippen LogP contribution in [0.25, 0.3) is 0 Å². The smallest absolute Gasteiger partial charge is 0.257 e. The van der Waals surface area contributed by atoms with Crippen molar-refractivity contribution in [3.8, 4) is 5.75 Å². The summed E-state index contributed by atoms with van der Waals surface area (Å²) in [7, 11) is 3.45.